The first-order chi connectivity index (χ1) is 8.50. The van der Waals surface area contributed by atoms with Crippen LogP contribution in [0.1, 0.15) is 43.1 Å². The molecule has 0 spiro atoms. The van der Waals surface area contributed by atoms with Crippen molar-refractivity contribution in [1.82, 2.24) is 10.1 Å². The van der Waals surface area contributed by atoms with Crippen molar-refractivity contribution in [3.63, 3.8) is 0 Å². The largest absolute Gasteiger partial charge is 0.339 e. The van der Waals surface area contributed by atoms with Gasteiger partial charge in [-0.25, -0.2) is 0 Å². The van der Waals surface area contributed by atoms with Crippen LogP contribution in [0.25, 0.3) is 0 Å². The van der Waals surface area contributed by atoms with E-state index in [9.17, 15) is 0 Å². The van der Waals surface area contributed by atoms with Crippen molar-refractivity contribution in [1.29, 1.82) is 0 Å². The maximum absolute atomic E-state index is 6.11. The zero-order valence-corrected chi connectivity index (χ0v) is 11.5. The molecule has 1 aromatic heterocycles. The highest BCUT2D eigenvalue weighted by atomic mass is 35.5. The van der Waals surface area contributed by atoms with Gasteiger partial charge in [-0.1, -0.05) is 54.3 Å². The van der Waals surface area contributed by atoms with E-state index in [1.807, 2.05) is 13.8 Å². The monoisotopic (exact) mass is 285 g/mol. The first-order valence-electron chi connectivity index (χ1n) is 5.53. The predicted octanol–water partition coefficient (Wildman–Crippen LogP) is 3.55. The van der Waals surface area contributed by atoms with Gasteiger partial charge in [0.25, 0.3) is 0 Å². The zero-order chi connectivity index (χ0) is 13.3. The molecule has 6 heteroatoms. The maximum atomic E-state index is 6.11. The Morgan fingerprint density at radius 2 is 2.00 bits per heavy atom. The highest BCUT2D eigenvalue weighted by Crippen LogP contribution is 2.31. The quantitative estimate of drug-likeness (QED) is 0.937. The van der Waals surface area contributed by atoms with Crippen LogP contribution in [0.3, 0.4) is 0 Å². The van der Waals surface area contributed by atoms with Gasteiger partial charge in [-0.3, -0.25) is 0 Å². The van der Waals surface area contributed by atoms with E-state index in [1.165, 1.54) is 0 Å². The summed E-state index contributed by atoms with van der Waals surface area (Å²) in [5.41, 5.74) is 6.75. The molecule has 96 valence electrons. The van der Waals surface area contributed by atoms with Crippen LogP contribution < -0.4 is 5.73 Å². The molecule has 0 aliphatic rings. The molecule has 0 amide bonds. The summed E-state index contributed by atoms with van der Waals surface area (Å²) in [6, 6.07) is 4.74. The molecule has 2 N–H and O–H groups in total. The predicted molar refractivity (Wildman–Crippen MR) is 70.9 cm³/mol. The van der Waals surface area contributed by atoms with Crippen molar-refractivity contribution < 1.29 is 4.52 Å². The number of halogens is 2. The van der Waals surface area contributed by atoms with Crippen LogP contribution in [-0.4, -0.2) is 10.1 Å². The summed E-state index contributed by atoms with van der Waals surface area (Å²) in [6.45, 7) is 3.93. The molecule has 1 aromatic carbocycles. The van der Waals surface area contributed by atoms with E-state index in [1.54, 1.807) is 18.2 Å². The van der Waals surface area contributed by atoms with Crippen molar-refractivity contribution in [3.05, 3.63) is 45.5 Å². The molecule has 0 fully saturated rings. The van der Waals surface area contributed by atoms with E-state index in [0.717, 1.165) is 0 Å². The lowest BCUT2D eigenvalue weighted by atomic mass is 10.1. The molecule has 18 heavy (non-hydrogen) atoms. The molecular formula is C12H13Cl2N3O. The molecular weight excluding hydrogens is 273 g/mol. The lowest BCUT2D eigenvalue weighted by Gasteiger charge is -2.10. The Morgan fingerprint density at radius 3 is 2.61 bits per heavy atom. The van der Waals surface area contributed by atoms with Gasteiger partial charge in [0.2, 0.25) is 5.89 Å². The number of aromatic nitrogens is 2. The summed E-state index contributed by atoms with van der Waals surface area (Å²) in [6.07, 6.45) is 0. The number of nitrogens with zero attached hydrogens (tertiary/aromatic N) is 2. The van der Waals surface area contributed by atoms with Crippen LogP contribution in [0.4, 0.5) is 0 Å². The Labute approximate surface area is 115 Å². The average Bonchev–Trinajstić information content (AvgIpc) is 2.81. The minimum absolute atomic E-state index is 0.160. The molecule has 2 aromatic rings. The molecule has 0 saturated heterocycles. The zero-order valence-electron chi connectivity index (χ0n) is 10.0. The topological polar surface area (TPSA) is 64.9 Å². The van der Waals surface area contributed by atoms with Gasteiger partial charge in [0.1, 0.15) is 0 Å². The third-order valence-corrected chi connectivity index (χ3v) is 3.38. The van der Waals surface area contributed by atoms with Gasteiger partial charge in [0.05, 0.1) is 16.1 Å². The van der Waals surface area contributed by atoms with E-state index >= 15 is 0 Å². The van der Waals surface area contributed by atoms with Gasteiger partial charge in [-0.05, 0) is 11.6 Å². The van der Waals surface area contributed by atoms with E-state index in [0.29, 0.717) is 27.3 Å². The Kier molecular flexibility index (Phi) is 3.90. The van der Waals surface area contributed by atoms with Gasteiger partial charge < -0.3 is 10.3 Å². The van der Waals surface area contributed by atoms with Crippen LogP contribution in [0.5, 0.6) is 0 Å². The standard InChI is InChI=1S/C12H13Cl2N3O/c1-6(2)12-16-11(17-18-12)10(15)7-4-3-5-8(13)9(7)14/h3-6,10H,15H2,1-2H3. The fourth-order valence-electron chi connectivity index (χ4n) is 1.51. The van der Waals surface area contributed by atoms with Crippen molar-refractivity contribution in [2.45, 2.75) is 25.8 Å². The Morgan fingerprint density at radius 1 is 1.28 bits per heavy atom. The van der Waals surface area contributed by atoms with Gasteiger partial charge >= 0.3 is 0 Å². The fourth-order valence-corrected chi connectivity index (χ4v) is 1.93. The number of hydrogen-bond donors (Lipinski definition) is 1. The Bertz CT molecular complexity index is 554. The summed E-state index contributed by atoms with van der Waals surface area (Å²) in [5, 5.41) is 4.75. The molecule has 4 nitrogen and oxygen atoms in total. The minimum Gasteiger partial charge on any atom is -0.339 e. The average molecular weight is 286 g/mol. The Balaban J connectivity index is 2.35. The molecule has 0 aliphatic carbocycles. The van der Waals surface area contributed by atoms with E-state index in [2.05, 4.69) is 10.1 Å². The van der Waals surface area contributed by atoms with Crippen LogP contribution >= 0.6 is 23.2 Å². The SMILES string of the molecule is CC(C)c1nc(C(N)c2cccc(Cl)c2Cl)no1. The first-order valence-corrected chi connectivity index (χ1v) is 6.29. The molecule has 0 radical (unpaired) electrons. The fraction of sp³-hybridized carbons (Fsp3) is 0.333. The minimum atomic E-state index is -0.549. The molecule has 0 saturated carbocycles. The van der Waals surface area contributed by atoms with Crippen molar-refractivity contribution in [3.8, 4) is 0 Å². The normalized spacial score (nSPS) is 13.0. The second-order valence-electron chi connectivity index (χ2n) is 4.27. The van der Waals surface area contributed by atoms with E-state index in [-0.39, 0.29) is 5.92 Å². The summed E-state index contributed by atoms with van der Waals surface area (Å²) < 4.78 is 5.12. The lowest BCUT2D eigenvalue weighted by molar-refractivity contribution is 0.359. The van der Waals surface area contributed by atoms with Crippen LogP contribution in [-0.2, 0) is 0 Å². The number of hydrogen-bond acceptors (Lipinski definition) is 4. The summed E-state index contributed by atoms with van der Waals surface area (Å²) in [7, 11) is 0. The third kappa shape index (κ3) is 2.51. The van der Waals surface area contributed by atoms with Crippen LogP contribution in [0, 0.1) is 0 Å². The van der Waals surface area contributed by atoms with E-state index < -0.39 is 6.04 Å². The second-order valence-corrected chi connectivity index (χ2v) is 5.05. The number of benzene rings is 1. The number of nitrogens with two attached hydrogens (primary N) is 1. The highest BCUT2D eigenvalue weighted by molar-refractivity contribution is 6.42. The maximum Gasteiger partial charge on any atom is 0.229 e. The second kappa shape index (κ2) is 5.26. The lowest BCUT2D eigenvalue weighted by Crippen LogP contribution is -2.14. The molecule has 1 atom stereocenters. The van der Waals surface area contributed by atoms with Crippen molar-refractivity contribution >= 4 is 23.2 Å². The van der Waals surface area contributed by atoms with Crippen LogP contribution in [0.2, 0.25) is 10.0 Å². The Hall–Kier alpha value is -1.10. The molecule has 2 rings (SSSR count). The highest BCUT2D eigenvalue weighted by Gasteiger charge is 2.20. The number of rotatable bonds is 3. The molecule has 1 unspecified atom stereocenters. The van der Waals surface area contributed by atoms with Crippen molar-refractivity contribution in [2.24, 2.45) is 5.73 Å². The summed E-state index contributed by atoms with van der Waals surface area (Å²) in [5.74, 6) is 1.12. The summed E-state index contributed by atoms with van der Waals surface area (Å²) >= 11 is 12.1. The molecule has 1 heterocycles. The van der Waals surface area contributed by atoms with Crippen molar-refractivity contribution in [2.75, 3.05) is 0 Å². The first kappa shape index (κ1) is 13.3. The van der Waals surface area contributed by atoms with Crippen LogP contribution in [0.15, 0.2) is 22.7 Å². The van der Waals surface area contributed by atoms with Gasteiger partial charge in [-0.15, -0.1) is 0 Å². The van der Waals surface area contributed by atoms with Gasteiger partial charge in [0.15, 0.2) is 5.82 Å². The molecule has 0 aliphatic heterocycles. The third-order valence-electron chi connectivity index (χ3n) is 2.55. The summed E-state index contributed by atoms with van der Waals surface area (Å²) in [4.78, 5) is 4.25. The van der Waals surface area contributed by atoms with Gasteiger partial charge in [0, 0.05) is 5.92 Å². The van der Waals surface area contributed by atoms with E-state index in [4.69, 9.17) is 33.5 Å². The molecule has 0 bridgehead atoms. The smallest absolute Gasteiger partial charge is 0.229 e. The van der Waals surface area contributed by atoms with Gasteiger partial charge in [-0.2, -0.15) is 4.98 Å².